The van der Waals surface area contributed by atoms with Crippen molar-refractivity contribution in [3.63, 3.8) is 0 Å². The van der Waals surface area contributed by atoms with Gasteiger partial charge in [-0.05, 0) is 48.2 Å². The van der Waals surface area contributed by atoms with Crippen molar-refractivity contribution in [1.29, 1.82) is 0 Å². The van der Waals surface area contributed by atoms with E-state index in [2.05, 4.69) is 15.3 Å². The summed E-state index contributed by atoms with van der Waals surface area (Å²) in [7, 11) is 0. The fraction of sp³-hybridized carbons (Fsp3) is 0.250. The van der Waals surface area contributed by atoms with Gasteiger partial charge in [0.15, 0.2) is 0 Å². The molecule has 1 atom stereocenters. The molecule has 0 bridgehead atoms. The van der Waals surface area contributed by atoms with Crippen molar-refractivity contribution in [2.45, 2.75) is 25.5 Å². The lowest BCUT2D eigenvalue weighted by molar-refractivity contribution is 0.109. The maximum atomic E-state index is 5.93. The minimum absolute atomic E-state index is 0.0113. The molecule has 6 heteroatoms. The summed E-state index contributed by atoms with van der Waals surface area (Å²) in [6.07, 6.45) is 7.47. The molecule has 26 heavy (non-hydrogen) atoms. The molecular formula is C20H19ClN4O. The van der Waals surface area contributed by atoms with Gasteiger partial charge in [0.25, 0.3) is 0 Å². The molecule has 1 aromatic carbocycles. The Morgan fingerprint density at radius 2 is 1.92 bits per heavy atom. The number of hydrogen-bond acceptors (Lipinski definition) is 5. The smallest absolute Gasteiger partial charge is 0.223 e. The first-order chi connectivity index (χ1) is 12.8. The predicted molar refractivity (Wildman–Crippen MR) is 102 cm³/mol. The van der Waals surface area contributed by atoms with Crippen LogP contribution in [0, 0.1) is 0 Å². The zero-order valence-corrected chi connectivity index (χ0v) is 15.0. The lowest BCUT2D eigenvalue weighted by Crippen LogP contribution is -2.09. The Bertz CT molecular complexity index is 865. The van der Waals surface area contributed by atoms with Gasteiger partial charge in [0, 0.05) is 42.3 Å². The standard InChI is InChI=1S/C20H19ClN4O/c21-16-5-3-14(4-6-16)12-23-20-24-13-17(15-7-9-22-10-8-15)19(25-20)18-2-1-11-26-18/h3-10,13,18H,1-2,11-12H2,(H,23,24,25)/t18-/m1/s1. The number of pyridine rings is 1. The van der Waals surface area contributed by atoms with Crippen LogP contribution in [0.15, 0.2) is 55.0 Å². The van der Waals surface area contributed by atoms with Crippen molar-refractivity contribution in [2.75, 3.05) is 11.9 Å². The van der Waals surface area contributed by atoms with Crippen LogP contribution < -0.4 is 5.32 Å². The first-order valence-corrected chi connectivity index (χ1v) is 9.04. The Kier molecular flexibility index (Phi) is 5.09. The summed E-state index contributed by atoms with van der Waals surface area (Å²) in [5.41, 5.74) is 4.10. The van der Waals surface area contributed by atoms with Gasteiger partial charge in [0.1, 0.15) is 6.10 Å². The van der Waals surface area contributed by atoms with Crippen molar-refractivity contribution in [2.24, 2.45) is 0 Å². The fourth-order valence-electron chi connectivity index (χ4n) is 3.06. The first kappa shape index (κ1) is 16.9. The zero-order valence-electron chi connectivity index (χ0n) is 14.2. The Balaban J connectivity index is 1.60. The van der Waals surface area contributed by atoms with Crippen LogP contribution in [-0.2, 0) is 11.3 Å². The molecule has 1 aliphatic heterocycles. The molecule has 0 saturated carbocycles. The van der Waals surface area contributed by atoms with E-state index < -0.39 is 0 Å². The molecule has 5 nitrogen and oxygen atoms in total. The minimum Gasteiger partial charge on any atom is -0.372 e. The molecule has 1 N–H and O–H groups in total. The van der Waals surface area contributed by atoms with Crippen molar-refractivity contribution >= 4 is 17.5 Å². The van der Waals surface area contributed by atoms with Crippen LogP contribution in [0.2, 0.25) is 5.02 Å². The summed E-state index contributed by atoms with van der Waals surface area (Å²) < 4.78 is 5.88. The lowest BCUT2D eigenvalue weighted by Gasteiger charge is -2.16. The van der Waals surface area contributed by atoms with Gasteiger partial charge in [0.05, 0.1) is 5.69 Å². The van der Waals surface area contributed by atoms with Gasteiger partial charge in [-0.25, -0.2) is 9.97 Å². The second kappa shape index (κ2) is 7.81. The van der Waals surface area contributed by atoms with Crippen LogP contribution in [-0.4, -0.2) is 21.6 Å². The van der Waals surface area contributed by atoms with Crippen molar-refractivity contribution in [1.82, 2.24) is 15.0 Å². The molecule has 4 rings (SSSR count). The maximum absolute atomic E-state index is 5.93. The number of benzene rings is 1. The predicted octanol–water partition coefficient (Wildman–Crippen LogP) is 4.66. The number of ether oxygens (including phenoxy) is 1. The molecule has 0 radical (unpaired) electrons. The molecule has 0 aliphatic carbocycles. The van der Waals surface area contributed by atoms with E-state index in [-0.39, 0.29) is 6.10 Å². The summed E-state index contributed by atoms with van der Waals surface area (Å²) in [6.45, 7) is 1.41. The van der Waals surface area contributed by atoms with E-state index in [0.29, 0.717) is 12.5 Å². The van der Waals surface area contributed by atoms with Crippen LogP contribution in [0.1, 0.15) is 30.2 Å². The molecule has 0 amide bonds. The first-order valence-electron chi connectivity index (χ1n) is 8.67. The summed E-state index contributed by atoms with van der Waals surface area (Å²) in [4.78, 5) is 13.4. The van der Waals surface area contributed by atoms with Gasteiger partial charge in [-0.2, -0.15) is 0 Å². The third-order valence-corrected chi connectivity index (χ3v) is 4.66. The normalized spacial score (nSPS) is 16.6. The second-order valence-electron chi connectivity index (χ2n) is 6.21. The summed E-state index contributed by atoms with van der Waals surface area (Å²) in [6, 6.07) is 11.7. The van der Waals surface area contributed by atoms with E-state index in [9.17, 15) is 0 Å². The third-order valence-electron chi connectivity index (χ3n) is 4.41. The molecule has 1 saturated heterocycles. The molecule has 3 heterocycles. The number of nitrogens with zero attached hydrogens (tertiary/aromatic N) is 3. The topological polar surface area (TPSA) is 59.9 Å². The monoisotopic (exact) mass is 366 g/mol. The SMILES string of the molecule is Clc1ccc(CNc2ncc(-c3ccncc3)c([C@H]3CCCO3)n2)cc1. The number of rotatable bonds is 5. The lowest BCUT2D eigenvalue weighted by atomic mass is 10.0. The van der Waals surface area contributed by atoms with E-state index in [0.717, 1.165) is 46.9 Å². The Labute approximate surface area is 157 Å². The quantitative estimate of drug-likeness (QED) is 0.711. The van der Waals surface area contributed by atoms with Crippen LogP contribution >= 0.6 is 11.6 Å². The third kappa shape index (κ3) is 3.84. The van der Waals surface area contributed by atoms with Gasteiger partial charge in [-0.15, -0.1) is 0 Å². The molecule has 0 unspecified atom stereocenters. The number of aromatic nitrogens is 3. The summed E-state index contributed by atoms with van der Waals surface area (Å²) >= 11 is 5.93. The molecule has 0 spiro atoms. The van der Waals surface area contributed by atoms with Crippen molar-refractivity contribution in [3.8, 4) is 11.1 Å². The second-order valence-corrected chi connectivity index (χ2v) is 6.65. The van der Waals surface area contributed by atoms with E-state index >= 15 is 0 Å². The summed E-state index contributed by atoms with van der Waals surface area (Å²) in [5.74, 6) is 0.600. The zero-order chi connectivity index (χ0) is 17.8. The highest BCUT2D eigenvalue weighted by atomic mass is 35.5. The van der Waals surface area contributed by atoms with Crippen LogP contribution in [0.4, 0.5) is 5.95 Å². The molecule has 1 fully saturated rings. The minimum atomic E-state index is 0.0113. The number of nitrogens with one attached hydrogen (secondary N) is 1. The molecule has 3 aromatic rings. The highest BCUT2D eigenvalue weighted by Gasteiger charge is 2.23. The number of halogens is 1. The van der Waals surface area contributed by atoms with E-state index in [1.165, 1.54) is 0 Å². The van der Waals surface area contributed by atoms with E-state index in [4.69, 9.17) is 21.3 Å². The maximum Gasteiger partial charge on any atom is 0.223 e. The molecule has 1 aliphatic rings. The average molecular weight is 367 g/mol. The highest BCUT2D eigenvalue weighted by molar-refractivity contribution is 6.30. The van der Waals surface area contributed by atoms with Crippen LogP contribution in [0.3, 0.4) is 0 Å². The van der Waals surface area contributed by atoms with Crippen LogP contribution in [0.25, 0.3) is 11.1 Å². The molecule has 132 valence electrons. The van der Waals surface area contributed by atoms with Gasteiger partial charge in [-0.3, -0.25) is 4.98 Å². The Morgan fingerprint density at radius 1 is 1.12 bits per heavy atom. The Morgan fingerprint density at radius 3 is 2.65 bits per heavy atom. The van der Waals surface area contributed by atoms with E-state index in [1.807, 2.05) is 42.6 Å². The van der Waals surface area contributed by atoms with Crippen molar-refractivity contribution in [3.05, 3.63) is 71.3 Å². The average Bonchev–Trinajstić information content (AvgIpc) is 3.23. The Hall–Kier alpha value is -2.50. The van der Waals surface area contributed by atoms with Gasteiger partial charge in [0.2, 0.25) is 5.95 Å². The van der Waals surface area contributed by atoms with Crippen molar-refractivity contribution < 1.29 is 4.74 Å². The van der Waals surface area contributed by atoms with Gasteiger partial charge < -0.3 is 10.1 Å². The number of hydrogen-bond donors (Lipinski definition) is 1. The molecule has 2 aromatic heterocycles. The van der Waals surface area contributed by atoms with Gasteiger partial charge in [-0.1, -0.05) is 23.7 Å². The van der Waals surface area contributed by atoms with Gasteiger partial charge >= 0.3 is 0 Å². The fourth-order valence-corrected chi connectivity index (χ4v) is 3.18. The molecular weight excluding hydrogens is 348 g/mol. The number of anilines is 1. The van der Waals surface area contributed by atoms with Crippen LogP contribution in [0.5, 0.6) is 0 Å². The highest BCUT2D eigenvalue weighted by Crippen LogP contribution is 2.34. The summed E-state index contributed by atoms with van der Waals surface area (Å²) in [5, 5.41) is 4.02. The van der Waals surface area contributed by atoms with E-state index in [1.54, 1.807) is 12.4 Å². The largest absolute Gasteiger partial charge is 0.372 e.